The minimum Gasteiger partial charge on any atom is -0.491 e. The number of anilines is 1. The molecule has 0 spiro atoms. The van der Waals surface area contributed by atoms with Crippen LogP contribution in [-0.2, 0) is 14.2 Å². The number of carbonyl (C=O) groups excluding carboxylic acids is 1. The topological polar surface area (TPSA) is 115 Å². The van der Waals surface area contributed by atoms with Gasteiger partial charge in [0.15, 0.2) is 5.82 Å². The lowest BCUT2D eigenvalue weighted by Gasteiger charge is -2.09. The zero-order valence-electron chi connectivity index (χ0n) is 18.1. The number of fused-ring (bicyclic) bond motifs is 1. The number of rotatable bonds is 14. The second-order valence-electron chi connectivity index (χ2n) is 6.99. The number of aromatic amines is 1. The molecule has 0 aliphatic rings. The van der Waals surface area contributed by atoms with Crippen molar-refractivity contribution in [2.24, 2.45) is 0 Å². The molecule has 0 bridgehead atoms. The van der Waals surface area contributed by atoms with Crippen molar-refractivity contribution in [1.82, 2.24) is 9.97 Å². The number of nitrogens with zero attached hydrogens (tertiary/aromatic N) is 1. The van der Waals surface area contributed by atoms with Gasteiger partial charge in [-0.25, -0.2) is 4.98 Å². The molecule has 0 fully saturated rings. The fraction of sp³-hybridized carbons (Fsp3) is 0.391. The van der Waals surface area contributed by atoms with Crippen LogP contribution in [0.5, 0.6) is 5.75 Å². The molecule has 9 nitrogen and oxygen atoms in total. The summed E-state index contributed by atoms with van der Waals surface area (Å²) in [6.07, 6.45) is 0. The van der Waals surface area contributed by atoms with Crippen molar-refractivity contribution in [2.45, 2.75) is 6.92 Å². The first-order chi connectivity index (χ1) is 15.7. The van der Waals surface area contributed by atoms with E-state index in [9.17, 15) is 4.79 Å². The van der Waals surface area contributed by atoms with Gasteiger partial charge in [0.1, 0.15) is 12.4 Å². The van der Waals surface area contributed by atoms with Crippen LogP contribution >= 0.6 is 0 Å². The molecule has 0 radical (unpaired) electrons. The van der Waals surface area contributed by atoms with Crippen molar-refractivity contribution in [2.75, 3.05) is 58.2 Å². The highest BCUT2D eigenvalue weighted by Crippen LogP contribution is 2.17. The van der Waals surface area contributed by atoms with E-state index in [0.29, 0.717) is 57.7 Å². The van der Waals surface area contributed by atoms with E-state index in [0.717, 1.165) is 16.6 Å². The largest absolute Gasteiger partial charge is 0.491 e. The summed E-state index contributed by atoms with van der Waals surface area (Å²) < 4.78 is 21.5. The monoisotopic (exact) mass is 443 g/mol. The molecule has 3 rings (SSSR count). The van der Waals surface area contributed by atoms with E-state index in [1.165, 1.54) is 0 Å². The van der Waals surface area contributed by atoms with Crippen LogP contribution in [0.4, 0.5) is 5.69 Å². The summed E-state index contributed by atoms with van der Waals surface area (Å²) in [5.74, 6) is 0.649. The second kappa shape index (κ2) is 12.8. The van der Waals surface area contributed by atoms with Crippen molar-refractivity contribution in [3.8, 4) is 5.75 Å². The summed E-state index contributed by atoms with van der Waals surface area (Å²) in [7, 11) is 0. The van der Waals surface area contributed by atoms with Crippen LogP contribution in [0, 0.1) is 6.92 Å². The van der Waals surface area contributed by atoms with Crippen LogP contribution < -0.4 is 10.1 Å². The number of benzene rings is 2. The van der Waals surface area contributed by atoms with Gasteiger partial charge in [0.2, 0.25) is 0 Å². The van der Waals surface area contributed by atoms with Crippen molar-refractivity contribution >= 4 is 22.6 Å². The molecular formula is C23H29N3O6. The maximum Gasteiger partial charge on any atom is 0.291 e. The maximum absolute atomic E-state index is 12.5. The minimum atomic E-state index is -0.303. The van der Waals surface area contributed by atoms with Gasteiger partial charge in [-0.3, -0.25) is 4.79 Å². The van der Waals surface area contributed by atoms with E-state index in [-0.39, 0.29) is 18.3 Å². The van der Waals surface area contributed by atoms with E-state index < -0.39 is 0 Å². The molecule has 1 aromatic heterocycles. The summed E-state index contributed by atoms with van der Waals surface area (Å²) in [6, 6.07) is 12.9. The van der Waals surface area contributed by atoms with Crippen LogP contribution in [0.3, 0.4) is 0 Å². The minimum absolute atomic E-state index is 0.0166. The number of hydrogen-bond acceptors (Lipinski definition) is 7. The third-order valence-electron chi connectivity index (χ3n) is 4.44. The predicted octanol–water partition coefficient (Wildman–Crippen LogP) is 2.54. The molecule has 172 valence electrons. The molecule has 9 heteroatoms. The molecule has 3 N–H and O–H groups in total. The zero-order chi connectivity index (χ0) is 22.6. The number of ether oxygens (including phenoxy) is 4. The van der Waals surface area contributed by atoms with Crippen LogP contribution in [0.1, 0.15) is 16.2 Å². The average Bonchev–Trinajstić information content (AvgIpc) is 3.22. The number of aryl methyl sites for hydroxylation is 1. The molecule has 3 aromatic rings. The van der Waals surface area contributed by atoms with Crippen LogP contribution in [0.25, 0.3) is 11.0 Å². The molecule has 1 amide bonds. The van der Waals surface area contributed by atoms with E-state index in [1.807, 2.05) is 25.1 Å². The average molecular weight is 444 g/mol. The van der Waals surface area contributed by atoms with E-state index >= 15 is 0 Å². The fourth-order valence-corrected chi connectivity index (χ4v) is 2.88. The van der Waals surface area contributed by atoms with Gasteiger partial charge in [0.05, 0.1) is 57.3 Å². The predicted molar refractivity (Wildman–Crippen MR) is 120 cm³/mol. The fourth-order valence-electron chi connectivity index (χ4n) is 2.88. The van der Waals surface area contributed by atoms with Gasteiger partial charge >= 0.3 is 0 Å². The lowest BCUT2D eigenvalue weighted by atomic mass is 10.2. The summed E-state index contributed by atoms with van der Waals surface area (Å²) in [5.41, 5.74) is 3.34. The molecule has 0 saturated heterocycles. The molecular weight excluding hydrogens is 414 g/mol. The molecule has 0 saturated carbocycles. The Morgan fingerprint density at radius 1 is 0.938 bits per heavy atom. The quantitative estimate of drug-likeness (QED) is 0.328. The maximum atomic E-state index is 12.5. The Labute approximate surface area is 186 Å². The Balaban J connectivity index is 1.32. The number of carbonyl (C=O) groups is 1. The number of aliphatic hydroxyl groups is 1. The van der Waals surface area contributed by atoms with Gasteiger partial charge in [0.25, 0.3) is 5.91 Å². The van der Waals surface area contributed by atoms with E-state index in [1.54, 1.807) is 24.3 Å². The van der Waals surface area contributed by atoms with Gasteiger partial charge in [-0.2, -0.15) is 0 Å². The smallest absolute Gasteiger partial charge is 0.291 e. The number of nitrogens with one attached hydrogen (secondary N) is 2. The third-order valence-corrected chi connectivity index (χ3v) is 4.44. The number of amides is 1. The van der Waals surface area contributed by atoms with Crippen molar-refractivity contribution in [1.29, 1.82) is 0 Å². The molecule has 2 aromatic carbocycles. The number of aliphatic hydroxyl groups excluding tert-OH is 1. The van der Waals surface area contributed by atoms with Crippen molar-refractivity contribution in [3.05, 3.63) is 53.9 Å². The Hall–Kier alpha value is -2.98. The first-order valence-corrected chi connectivity index (χ1v) is 10.5. The molecule has 0 aliphatic carbocycles. The van der Waals surface area contributed by atoms with Crippen LogP contribution in [0.15, 0.2) is 42.5 Å². The summed E-state index contributed by atoms with van der Waals surface area (Å²) >= 11 is 0. The summed E-state index contributed by atoms with van der Waals surface area (Å²) in [5, 5.41) is 11.4. The molecule has 0 aliphatic heterocycles. The first kappa shape index (κ1) is 23.7. The highest BCUT2D eigenvalue weighted by Gasteiger charge is 2.12. The molecule has 1 heterocycles. The van der Waals surface area contributed by atoms with Gasteiger partial charge in [-0.05, 0) is 48.9 Å². The molecule has 0 atom stereocenters. The summed E-state index contributed by atoms with van der Waals surface area (Å²) in [4.78, 5) is 19.8. The number of hydrogen-bond donors (Lipinski definition) is 3. The zero-order valence-corrected chi connectivity index (χ0v) is 18.1. The van der Waals surface area contributed by atoms with Crippen LogP contribution in [0.2, 0.25) is 0 Å². The lowest BCUT2D eigenvalue weighted by Crippen LogP contribution is -2.14. The van der Waals surface area contributed by atoms with E-state index in [4.69, 9.17) is 24.1 Å². The standard InChI is InChI=1S/C23H29N3O6/c1-17-2-7-20-21(16-17)26-22(25-20)23(28)24-18-3-5-19(6-4-18)32-15-14-31-13-12-30-11-10-29-9-8-27/h2-7,16,27H,8-15H2,1H3,(H,24,28)(H,25,26). The third kappa shape index (κ3) is 7.61. The second-order valence-corrected chi connectivity index (χ2v) is 6.99. The number of imidazole rings is 1. The van der Waals surface area contributed by atoms with Gasteiger partial charge in [-0.1, -0.05) is 6.07 Å². The van der Waals surface area contributed by atoms with Gasteiger partial charge < -0.3 is 34.4 Å². The van der Waals surface area contributed by atoms with Crippen molar-refractivity contribution in [3.63, 3.8) is 0 Å². The molecule has 32 heavy (non-hydrogen) atoms. The highest BCUT2D eigenvalue weighted by atomic mass is 16.6. The summed E-state index contributed by atoms with van der Waals surface area (Å²) in [6.45, 7) is 5.05. The SMILES string of the molecule is Cc1ccc2nc(C(=O)Nc3ccc(OCCOCCOCCOCCO)cc3)[nH]c2c1. The van der Waals surface area contributed by atoms with Gasteiger partial charge in [0, 0.05) is 5.69 Å². The van der Waals surface area contributed by atoms with Crippen LogP contribution in [-0.4, -0.2) is 73.8 Å². The highest BCUT2D eigenvalue weighted by molar-refractivity contribution is 6.03. The van der Waals surface area contributed by atoms with Gasteiger partial charge in [-0.15, -0.1) is 0 Å². The normalized spacial score (nSPS) is 11.1. The van der Waals surface area contributed by atoms with E-state index in [2.05, 4.69) is 15.3 Å². The Bertz CT molecular complexity index is 974. The van der Waals surface area contributed by atoms with Crippen molar-refractivity contribution < 1.29 is 28.8 Å². The molecule has 0 unspecified atom stereocenters. The Morgan fingerprint density at radius 2 is 1.59 bits per heavy atom. The lowest BCUT2D eigenvalue weighted by molar-refractivity contribution is 0.00361. The first-order valence-electron chi connectivity index (χ1n) is 10.5. The Kier molecular flexibility index (Phi) is 9.45. The Morgan fingerprint density at radius 3 is 2.28 bits per heavy atom. The number of aromatic nitrogens is 2. The number of H-pyrrole nitrogens is 1.